The topological polar surface area (TPSA) is 86.8 Å². The van der Waals surface area contributed by atoms with Crippen LogP contribution in [0.4, 0.5) is 10.5 Å². The zero-order chi connectivity index (χ0) is 18.3. The number of amides is 4. The number of thiocarbonyl (C=S) groups is 1. The fourth-order valence-electron chi connectivity index (χ4n) is 2.28. The summed E-state index contributed by atoms with van der Waals surface area (Å²) in [6, 6.07) is 6.34. The number of nitrogens with one attached hydrogen (secondary N) is 1. The lowest BCUT2D eigenvalue weighted by Crippen LogP contribution is -2.57. The molecule has 0 aliphatic carbocycles. The van der Waals surface area contributed by atoms with Gasteiger partial charge in [0.25, 0.3) is 11.1 Å². The van der Waals surface area contributed by atoms with E-state index in [4.69, 9.17) is 23.8 Å². The number of halogens is 1. The molecule has 2 aliphatic heterocycles. The van der Waals surface area contributed by atoms with Crippen LogP contribution in [0, 0.1) is 5.92 Å². The van der Waals surface area contributed by atoms with Crippen LogP contribution in [0.5, 0.6) is 0 Å². The molecule has 3 rings (SSSR count). The third kappa shape index (κ3) is 3.17. The summed E-state index contributed by atoms with van der Waals surface area (Å²) in [6.07, 6.45) is 1.19. The summed E-state index contributed by atoms with van der Waals surface area (Å²) in [4.78, 5) is 50.6. The highest BCUT2D eigenvalue weighted by Crippen LogP contribution is 2.32. The van der Waals surface area contributed by atoms with E-state index in [0.29, 0.717) is 22.5 Å². The monoisotopic (exact) mass is 395 g/mol. The number of anilines is 1. The average molecular weight is 396 g/mol. The van der Waals surface area contributed by atoms with E-state index < -0.39 is 28.9 Å². The second-order valence-electron chi connectivity index (χ2n) is 5.19. The van der Waals surface area contributed by atoms with E-state index in [1.54, 1.807) is 24.3 Å². The highest BCUT2D eigenvalue weighted by molar-refractivity contribution is 8.18. The first kappa shape index (κ1) is 17.6. The van der Waals surface area contributed by atoms with Gasteiger partial charge in [0, 0.05) is 12.1 Å². The predicted octanol–water partition coefficient (Wildman–Crippen LogP) is 1.91. The zero-order valence-electron chi connectivity index (χ0n) is 12.7. The van der Waals surface area contributed by atoms with Gasteiger partial charge in [0.2, 0.25) is 11.8 Å². The second kappa shape index (κ2) is 6.58. The number of hydrogen-bond donors (Lipinski definition) is 1. The van der Waals surface area contributed by atoms with Gasteiger partial charge in [0.15, 0.2) is 5.11 Å². The Balaban J connectivity index is 1.95. The molecular formula is C15H10ClN3O4S2. The zero-order valence-corrected chi connectivity index (χ0v) is 15.1. The Morgan fingerprint density at radius 2 is 1.84 bits per heavy atom. The number of hydrogen-bond acceptors (Lipinski definition) is 6. The van der Waals surface area contributed by atoms with E-state index in [1.165, 1.54) is 13.1 Å². The van der Waals surface area contributed by atoms with E-state index in [9.17, 15) is 19.2 Å². The van der Waals surface area contributed by atoms with Gasteiger partial charge in [-0.15, -0.1) is 0 Å². The molecule has 0 saturated carbocycles. The van der Waals surface area contributed by atoms with Gasteiger partial charge in [-0.1, -0.05) is 11.6 Å². The molecule has 4 amide bonds. The second-order valence-corrected chi connectivity index (χ2v) is 7.00. The molecule has 2 saturated heterocycles. The quantitative estimate of drug-likeness (QED) is 0.467. The van der Waals surface area contributed by atoms with Crippen molar-refractivity contribution in [3.05, 3.63) is 40.3 Å². The third-order valence-electron chi connectivity index (χ3n) is 3.59. The minimum atomic E-state index is -1.27. The summed E-state index contributed by atoms with van der Waals surface area (Å²) >= 11 is 11.6. The van der Waals surface area contributed by atoms with Crippen LogP contribution in [0.3, 0.4) is 0 Å². The van der Waals surface area contributed by atoms with Gasteiger partial charge < -0.3 is 5.32 Å². The molecule has 10 heteroatoms. The number of nitrogens with zero attached hydrogens (tertiary/aromatic N) is 2. The molecule has 0 unspecified atom stereocenters. The maximum atomic E-state index is 12.8. The van der Waals surface area contributed by atoms with Crippen LogP contribution < -0.4 is 10.2 Å². The van der Waals surface area contributed by atoms with E-state index in [-0.39, 0.29) is 10.0 Å². The molecule has 1 N–H and O–H groups in total. The molecule has 7 nitrogen and oxygen atoms in total. The first-order valence-corrected chi connectivity index (χ1v) is 8.56. The summed E-state index contributed by atoms with van der Waals surface area (Å²) in [6.45, 7) is 0. The molecule has 0 bridgehead atoms. The van der Waals surface area contributed by atoms with Gasteiger partial charge in [-0.2, -0.15) is 0 Å². The Kier molecular flexibility index (Phi) is 4.63. The first-order valence-electron chi connectivity index (χ1n) is 6.95. The molecule has 128 valence electrons. The molecule has 2 fully saturated rings. The Hall–Kier alpha value is -2.23. The van der Waals surface area contributed by atoms with Crippen molar-refractivity contribution in [3.63, 3.8) is 0 Å². The van der Waals surface area contributed by atoms with Gasteiger partial charge in [0.1, 0.15) is 5.92 Å². The van der Waals surface area contributed by atoms with Crippen molar-refractivity contribution in [2.24, 2.45) is 5.92 Å². The maximum absolute atomic E-state index is 12.8. The fourth-order valence-corrected chi connectivity index (χ4v) is 3.54. The van der Waals surface area contributed by atoms with Crippen LogP contribution in [0.15, 0.2) is 35.2 Å². The first-order chi connectivity index (χ1) is 11.8. The number of rotatable bonds is 2. The minimum Gasteiger partial charge on any atom is -0.301 e. The van der Waals surface area contributed by atoms with Crippen molar-refractivity contribution in [1.29, 1.82) is 0 Å². The lowest BCUT2D eigenvalue weighted by atomic mass is 10.0. The van der Waals surface area contributed by atoms with Crippen molar-refractivity contribution in [1.82, 2.24) is 10.2 Å². The van der Waals surface area contributed by atoms with E-state index in [0.717, 1.165) is 9.80 Å². The Bertz CT molecular complexity index is 853. The molecule has 0 spiro atoms. The summed E-state index contributed by atoms with van der Waals surface area (Å²) in [7, 11) is 1.33. The standard InChI is InChI=1S/C15H10ClN3O4S2/c1-18-13(22)10(25-15(18)23)6-9-11(20)17-14(24)19(12(9)21)8-4-2-7(16)3-5-8/h2-6,9H,1H3,(H,17,20,24)/b10-6-/t9-/m0/s1. The molecule has 2 heterocycles. The fraction of sp³-hybridized carbons (Fsp3) is 0.133. The van der Waals surface area contributed by atoms with Crippen molar-refractivity contribution >= 4 is 69.3 Å². The number of benzene rings is 1. The van der Waals surface area contributed by atoms with Crippen molar-refractivity contribution < 1.29 is 19.2 Å². The van der Waals surface area contributed by atoms with Crippen molar-refractivity contribution in [2.45, 2.75) is 0 Å². The smallest absolute Gasteiger partial charge is 0.293 e. The molecule has 25 heavy (non-hydrogen) atoms. The maximum Gasteiger partial charge on any atom is 0.293 e. The normalized spacial score (nSPS) is 22.9. The van der Waals surface area contributed by atoms with Crippen LogP contribution in [0.2, 0.25) is 5.02 Å². The van der Waals surface area contributed by atoms with E-state index >= 15 is 0 Å². The molecule has 1 aromatic carbocycles. The largest absolute Gasteiger partial charge is 0.301 e. The van der Waals surface area contributed by atoms with Gasteiger partial charge in [-0.05, 0) is 54.3 Å². The van der Waals surface area contributed by atoms with E-state index in [2.05, 4.69) is 5.32 Å². The Morgan fingerprint density at radius 1 is 1.20 bits per heavy atom. The van der Waals surface area contributed by atoms with Gasteiger partial charge >= 0.3 is 0 Å². The number of carbonyl (C=O) groups is 4. The molecule has 1 atom stereocenters. The van der Waals surface area contributed by atoms with Crippen LogP contribution in [0.1, 0.15) is 0 Å². The molecular weight excluding hydrogens is 386 g/mol. The Labute approximate surface area is 157 Å². The summed E-state index contributed by atoms with van der Waals surface area (Å²) < 4.78 is 0. The molecule has 0 aromatic heterocycles. The van der Waals surface area contributed by atoms with Gasteiger partial charge in [-0.25, -0.2) is 0 Å². The number of imide groups is 1. The lowest BCUT2D eigenvalue weighted by molar-refractivity contribution is -0.131. The minimum absolute atomic E-state index is 0.0323. The van der Waals surface area contributed by atoms with Gasteiger partial charge in [-0.3, -0.25) is 29.0 Å². The third-order valence-corrected chi connectivity index (χ3v) is 5.11. The number of thioether (sulfide) groups is 1. The van der Waals surface area contributed by atoms with Crippen LogP contribution in [0.25, 0.3) is 0 Å². The highest BCUT2D eigenvalue weighted by atomic mass is 35.5. The summed E-state index contributed by atoms with van der Waals surface area (Å²) in [5.41, 5.74) is 0.432. The molecule has 0 radical (unpaired) electrons. The molecule has 2 aliphatic rings. The molecule has 1 aromatic rings. The van der Waals surface area contributed by atoms with Crippen molar-refractivity contribution in [3.8, 4) is 0 Å². The van der Waals surface area contributed by atoms with E-state index in [1.807, 2.05) is 0 Å². The highest BCUT2D eigenvalue weighted by Gasteiger charge is 2.41. The number of carbonyl (C=O) groups excluding carboxylic acids is 4. The van der Waals surface area contributed by atoms with Crippen LogP contribution >= 0.6 is 35.6 Å². The SMILES string of the molecule is CN1C(=O)S/C(=C\[C@H]2C(=O)NC(=S)N(c3ccc(Cl)cc3)C2=O)C1=O. The predicted molar refractivity (Wildman–Crippen MR) is 97.0 cm³/mol. The lowest BCUT2D eigenvalue weighted by Gasteiger charge is -2.31. The van der Waals surface area contributed by atoms with Crippen LogP contribution in [-0.4, -0.2) is 40.0 Å². The number of likely N-dealkylation sites (N-methyl/N-ethyl adjacent to an activating group) is 1. The van der Waals surface area contributed by atoms with Crippen molar-refractivity contribution in [2.75, 3.05) is 11.9 Å². The average Bonchev–Trinajstić information content (AvgIpc) is 2.80. The Morgan fingerprint density at radius 3 is 2.40 bits per heavy atom. The summed E-state index contributed by atoms with van der Waals surface area (Å²) in [5.74, 6) is -3.09. The van der Waals surface area contributed by atoms with Crippen LogP contribution in [-0.2, 0) is 14.4 Å². The summed E-state index contributed by atoms with van der Waals surface area (Å²) in [5, 5.41) is 2.39. The van der Waals surface area contributed by atoms with Gasteiger partial charge in [0.05, 0.1) is 10.6 Å².